The number of pyridine rings is 1. The molecule has 9 heteroatoms. The Balaban J connectivity index is 1.75. The van der Waals surface area contributed by atoms with Crippen molar-refractivity contribution in [2.75, 3.05) is 31.6 Å². The van der Waals surface area contributed by atoms with Crippen molar-refractivity contribution in [3.63, 3.8) is 0 Å². The van der Waals surface area contributed by atoms with Gasteiger partial charge in [0.1, 0.15) is 17.1 Å². The van der Waals surface area contributed by atoms with Crippen molar-refractivity contribution in [1.29, 1.82) is 0 Å². The Morgan fingerprint density at radius 1 is 1.30 bits per heavy atom. The molecule has 0 atom stereocenters. The monoisotopic (exact) mass is 461 g/mol. The second-order valence-electron chi connectivity index (χ2n) is 8.98. The molecule has 7 nitrogen and oxygen atoms in total. The van der Waals surface area contributed by atoms with E-state index in [0.717, 1.165) is 24.5 Å². The first kappa shape index (κ1) is 23.2. The van der Waals surface area contributed by atoms with Gasteiger partial charge < -0.3 is 24.6 Å². The van der Waals surface area contributed by atoms with Gasteiger partial charge in [-0.15, -0.1) is 0 Å². The van der Waals surface area contributed by atoms with Crippen LogP contribution in [0, 0.1) is 5.82 Å². The molecule has 2 fully saturated rings. The standard InChI is InChI=1S/C24H29F2N3O4/c1-13(2)27-11-19(26)14-6-8-28(9-7-14)21-18(25)10-16-20(23(21)33-3)29(15-4-5-15)12-17(22(16)30)24(31)32/h10,12-13,15,27H,4-9,11H2,1-3H3,(H,31,32). The molecule has 1 aromatic heterocycles. The molecular formula is C24H29F2N3O4. The average Bonchev–Trinajstić information content (AvgIpc) is 3.62. The molecule has 2 aromatic rings. The molecule has 1 aliphatic carbocycles. The van der Waals surface area contributed by atoms with E-state index in [4.69, 9.17) is 4.74 Å². The predicted octanol–water partition coefficient (Wildman–Crippen LogP) is 4.00. The second-order valence-corrected chi connectivity index (χ2v) is 8.98. The Kier molecular flexibility index (Phi) is 6.43. The minimum Gasteiger partial charge on any atom is -0.492 e. The Labute approximate surface area is 190 Å². The van der Waals surface area contributed by atoms with E-state index < -0.39 is 17.2 Å². The number of piperidine rings is 1. The van der Waals surface area contributed by atoms with Gasteiger partial charge in [-0.1, -0.05) is 13.8 Å². The summed E-state index contributed by atoms with van der Waals surface area (Å²) in [5.41, 5.74) is 0.228. The number of carbonyl (C=O) groups is 1. The third kappa shape index (κ3) is 4.46. The fourth-order valence-electron chi connectivity index (χ4n) is 4.41. The van der Waals surface area contributed by atoms with Crippen LogP contribution in [-0.2, 0) is 0 Å². The number of carboxylic acids is 1. The lowest BCUT2D eigenvalue weighted by atomic mass is 10.0. The van der Waals surface area contributed by atoms with Crippen LogP contribution in [0.15, 0.2) is 28.5 Å². The number of carboxylic acid groups (broad SMARTS) is 1. The van der Waals surface area contributed by atoms with Crippen LogP contribution in [0.1, 0.15) is 55.9 Å². The zero-order chi connectivity index (χ0) is 23.9. The van der Waals surface area contributed by atoms with Crippen molar-refractivity contribution in [3.05, 3.63) is 45.3 Å². The number of hydrogen-bond donors (Lipinski definition) is 2. The number of anilines is 1. The third-order valence-corrected chi connectivity index (χ3v) is 6.31. The summed E-state index contributed by atoms with van der Waals surface area (Å²) in [5, 5.41) is 12.5. The highest BCUT2D eigenvalue weighted by atomic mass is 19.1. The van der Waals surface area contributed by atoms with E-state index in [1.807, 2.05) is 18.7 Å². The lowest BCUT2D eigenvalue weighted by Gasteiger charge is -2.32. The summed E-state index contributed by atoms with van der Waals surface area (Å²) in [6, 6.07) is 1.33. The molecule has 33 heavy (non-hydrogen) atoms. The maximum Gasteiger partial charge on any atom is 0.341 e. The van der Waals surface area contributed by atoms with Crippen molar-refractivity contribution in [1.82, 2.24) is 9.88 Å². The minimum atomic E-state index is -1.34. The van der Waals surface area contributed by atoms with Crippen LogP contribution < -0.4 is 20.4 Å². The van der Waals surface area contributed by atoms with Crippen LogP contribution in [0.2, 0.25) is 0 Å². The minimum absolute atomic E-state index is 0.0108. The molecule has 0 amide bonds. The van der Waals surface area contributed by atoms with Gasteiger partial charge >= 0.3 is 5.97 Å². The first-order valence-corrected chi connectivity index (χ1v) is 11.3. The molecule has 1 saturated heterocycles. The maximum absolute atomic E-state index is 15.4. The highest BCUT2D eigenvalue weighted by Gasteiger charge is 2.32. The number of aromatic nitrogens is 1. The summed E-state index contributed by atoms with van der Waals surface area (Å²) in [4.78, 5) is 26.2. The summed E-state index contributed by atoms with van der Waals surface area (Å²) in [5.74, 6) is -1.96. The number of ether oxygens (including phenoxy) is 1. The molecule has 4 rings (SSSR count). The first-order chi connectivity index (χ1) is 15.7. The van der Waals surface area contributed by atoms with E-state index in [1.54, 1.807) is 4.57 Å². The molecule has 178 valence electrons. The highest BCUT2D eigenvalue weighted by Crippen LogP contribution is 2.44. The number of halogens is 2. The van der Waals surface area contributed by atoms with E-state index in [0.29, 0.717) is 31.4 Å². The number of benzene rings is 1. The molecule has 1 aromatic carbocycles. The molecule has 1 aliphatic heterocycles. The van der Waals surface area contributed by atoms with E-state index in [1.165, 1.54) is 13.3 Å². The van der Waals surface area contributed by atoms with Gasteiger partial charge in [0.05, 0.1) is 18.0 Å². The van der Waals surface area contributed by atoms with Gasteiger partial charge in [0.25, 0.3) is 0 Å². The number of fused-ring (bicyclic) bond motifs is 1. The van der Waals surface area contributed by atoms with Crippen LogP contribution in [0.3, 0.4) is 0 Å². The molecule has 1 saturated carbocycles. The van der Waals surface area contributed by atoms with E-state index in [-0.39, 0.29) is 46.8 Å². The topological polar surface area (TPSA) is 83.8 Å². The molecule has 2 N–H and O–H groups in total. The lowest BCUT2D eigenvalue weighted by molar-refractivity contribution is 0.0694. The molecule has 2 heterocycles. The van der Waals surface area contributed by atoms with Gasteiger partial charge in [-0.25, -0.2) is 13.6 Å². The van der Waals surface area contributed by atoms with Crippen molar-refractivity contribution in [3.8, 4) is 5.75 Å². The van der Waals surface area contributed by atoms with E-state index in [9.17, 15) is 19.1 Å². The van der Waals surface area contributed by atoms with Crippen LogP contribution in [0.5, 0.6) is 5.75 Å². The van der Waals surface area contributed by atoms with Gasteiger partial charge in [0.15, 0.2) is 11.6 Å². The van der Waals surface area contributed by atoms with Crippen LogP contribution in [0.4, 0.5) is 14.5 Å². The van der Waals surface area contributed by atoms with Gasteiger partial charge in [-0.2, -0.15) is 0 Å². The Morgan fingerprint density at radius 3 is 2.52 bits per heavy atom. The molecule has 0 bridgehead atoms. The third-order valence-electron chi connectivity index (χ3n) is 6.31. The van der Waals surface area contributed by atoms with Crippen LogP contribution in [0.25, 0.3) is 10.9 Å². The molecule has 0 spiro atoms. The normalized spacial score (nSPS) is 16.5. The summed E-state index contributed by atoms with van der Waals surface area (Å²) in [7, 11) is 1.41. The summed E-state index contributed by atoms with van der Waals surface area (Å²) >= 11 is 0. The second kappa shape index (κ2) is 9.13. The van der Waals surface area contributed by atoms with E-state index in [2.05, 4.69) is 5.32 Å². The number of nitrogens with one attached hydrogen (secondary N) is 1. The maximum atomic E-state index is 15.4. The van der Waals surface area contributed by atoms with Crippen molar-refractivity contribution in [2.24, 2.45) is 0 Å². The fraction of sp³-hybridized carbons (Fsp3) is 0.500. The predicted molar refractivity (Wildman–Crippen MR) is 123 cm³/mol. The van der Waals surface area contributed by atoms with Crippen molar-refractivity contribution in [2.45, 2.75) is 51.6 Å². The Bertz CT molecular complexity index is 1170. The summed E-state index contributed by atoms with van der Waals surface area (Å²) in [6.07, 6.45) is 3.94. The molecular weight excluding hydrogens is 432 g/mol. The number of rotatable bonds is 7. The molecule has 0 radical (unpaired) electrons. The lowest BCUT2D eigenvalue weighted by Crippen LogP contribution is -2.33. The van der Waals surface area contributed by atoms with Crippen molar-refractivity contribution < 1.29 is 23.4 Å². The zero-order valence-corrected chi connectivity index (χ0v) is 19.1. The first-order valence-electron chi connectivity index (χ1n) is 11.3. The average molecular weight is 462 g/mol. The highest BCUT2D eigenvalue weighted by molar-refractivity contribution is 5.97. The Morgan fingerprint density at radius 2 is 1.97 bits per heavy atom. The van der Waals surface area contributed by atoms with Gasteiger partial charge in [-0.3, -0.25) is 4.79 Å². The van der Waals surface area contributed by atoms with Gasteiger partial charge in [0, 0.05) is 37.9 Å². The number of methoxy groups -OCH3 is 1. The molecule has 0 unspecified atom stereocenters. The van der Waals surface area contributed by atoms with Gasteiger partial charge in [0.2, 0.25) is 5.43 Å². The SMILES string of the molecule is COc1c(N2CCC(=C(F)CNC(C)C)CC2)c(F)cc2c(=O)c(C(=O)O)cn(C3CC3)c12. The number of nitrogens with zero attached hydrogens (tertiary/aromatic N) is 2. The van der Waals surface area contributed by atoms with Crippen molar-refractivity contribution >= 4 is 22.6 Å². The van der Waals surface area contributed by atoms with E-state index >= 15 is 4.39 Å². The van der Waals surface area contributed by atoms with Gasteiger partial charge in [-0.05, 0) is 37.3 Å². The summed E-state index contributed by atoms with van der Waals surface area (Å²) < 4.78 is 37.2. The fourth-order valence-corrected chi connectivity index (χ4v) is 4.41. The smallest absolute Gasteiger partial charge is 0.341 e. The zero-order valence-electron chi connectivity index (χ0n) is 19.1. The largest absolute Gasteiger partial charge is 0.492 e. The molecule has 2 aliphatic rings. The number of hydrogen-bond acceptors (Lipinski definition) is 5. The van der Waals surface area contributed by atoms with Crippen LogP contribution >= 0.6 is 0 Å². The Hall–Kier alpha value is -2.94. The number of aromatic carboxylic acids is 1. The quantitative estimate of drug-likeness (QED) is 0.649. The van der Waals surface area contributed by atoms with Crippen LogP contribution in [-0.4, -0.2) is 48.4 Å². The summed E-state index contributed by atoms with van der Waals surface area (Å²) in [6.45, 7) is 4.90.